The van der Waals surface area contributed by atoms with Crippen molar-refractivity contribution >= 4 is 46.3 Å². The van der Waals surface area contributed by atoms with Gasteiger partial charge in [-0.15, -0.1) is 0 Å². The van der Waals surface area contributed by atoms with E-state index in [0.29, 0.717) is 41.1 Å². The Kier molecular flexibility index (Phi) is 7.28. The van der Waals surface area contributed by atoms with E-state index in [4.69, 9.17) is 14.2 Å². The van der Waals surface area contributed by atoms with Crippen LogP contribution in [0, 0.1) is 10.1 Å². The number of alkyl halides is 3. The summed E-state index contributed by atoms with van der Waals surface area (Å²) in [7, 11) is 0. The number of rotatable bonds is 7. The van der Waals surface area contributed by atoms with Gasteiger partial charge in [-0.3, -0.25) is 29.4 Å². The SMILES string of the molecule is O=C(CN1C(=O)S/C(=C/c2ccccc2Oc2ccc(C(F)(F)F)cc2[N+](=O)[O-])C1=O)Nc1ccc2c(c1)OCO2. The third-order valence-electron chi connectivity index (χ3n) is 5.74. The molecule has 1 saturated heterocycles. The molecule has 0 unspecified atom stereocenters. The molecule has 0 radical (unpaired) electrons. The van der Waals surface area contributed by atoms with Gasteiger partial charge in [0.2, 0.25) is 18.4 Å². The summed E-state index contributed by atoms with van der Waals surface area (Å²) in [6.07, 6.45) is -3.52. The monoisotopic (exact) mass is 587 g/mol. The minimum atomic E-state index is -4.80. The number of benzene rings is 3. The lowest BCUT2D eigenvalue weighted by Gasteiger charge is -2.13. The number of imide groups is 1. The standard InChI is InChI=1S/C26H16F3N3O8S/c27-26(28,29)15-5-7-19(17(10-15)32(36)37)40-18-4-2-1-3-14(18)9-22-24(34)31(25(35)41-22)12-23(33)30-16-6-8-20-21(11-16)39-13-38-20/h1-11H,12-13H2,(H,30,33)/b22-9+. The van der Waals surface area contributed by atoms with Crippen molar-refractivity contribution in [3.63, 3.8) is 0 Å². The highest BCUT2D eigenvalue weighted by atomic mass is 32.2. The van der Waals surface area contributed by atoms with E-state index in [1.165, 1.54) is 30.3 Å². The number of para-hydroxylation sites is 1. The average Bonchev–Trinajstić information content (AvgIpc) is 3.48. The molecule has 11 nitrogen and oxygen atoms in total. The number of ether oxygens (including phenoxy) is 3. The van der Waals surface area contributed by atoms with Crippen LogP contribution < -0.4 is 19.5 Å². The summed E-state index contributed by atoms with van der Waals surface area (Å²) in [6, 6.07) is 12.5. The lowest BCUT2D eigenvalue weighted by atomic mass is 10.1. The molecule has 210 valence electrons. The molecule has 2 heterocycles. The number of carbonyl (C=O) groups excluding carboxylic acids is 3. The van der Waals surface area contributed by atoms with Gasteiger partial charge in [0, 0.05) is 23.4 Å². The molecule has 15 heteroatoms. The van der Waals surface area contributed by atoms with Crippen molar-refractivity contribution in [1.29, 1.82) is 0 Å². The van der Waals surface area contributed by atoms with Crippen LogP contribution in [0.1, 0.15) is 11.1 Å². The Morgan fingerprint density at radius 3 is 2.59 bits per heavy atom. The second-order valence-electron chi connectivity index (χ2n) is 8.46. The molecular weight excluding hydrogens is 571 g/mol. The quantitative estimate of drug-likeness (QED) is 0.206. The predicted octanol–water partition coefficient (Wildman–Crippen LogP) is 5.81. The molecule has 41 heavy (non-hydrogen) atoms. The van der Waals surface area contributed by atoms with Crippen molar-refractivity contribution in [2.75, 3.05) is 18.7 Å². The first-order chi connectivity index (χ1) is 19.5. The third-order valence-corrected chi connectivity index (χ3v) is 6.65. The number of nitrogens with zero attached hydrogens (tertiary/aromatic N) is 2. The highest BCUT2D eigenvalue weighted by molar-refractivity contribution is 8.18. The van der Waals surface area contributed by atoms with Gasteiger partial charge in [0.25, 0.3) is 11.1 Å². The molecule has 0 atom stereocenters. The number of amides is 3. The number of nitro benzene ring substituents is 1. The van der Waals surface area contributed by atoms with Crippen molar-refractivity contribution in [3.05, 3.63) is 86.8 Å². The van der Waals surface area contributed by atoms with E-state index >= 15 is 0 Å². The Balaban J connectivity index is 1.33. The van der Waals surface area contributed by atoms with Crippen molar-refractivity contribution in [3.8, 4) is 23.0 Å². The Morgan fingerprint density at radius 2 is 1.83 bits per heavy atom. The van der Waals surface area contributed by atoms with Gasteiger partial charge in [0.15, 0.2) is 11.5 Å². The molecule has 1 N–H and O–H groups in total. The Bertz CT molecular complexity index is 1630. The van der Waals surface area contributed by atoms with E-state index < -0.39 is 51.7 Å². The van der Waals surface area contributed by atoms with Gasteiger partial charge in [-0.1, -0.05) is 18.2 Å². The molecule has 3 aromatic carbocycles. The largest absolute Gasteiger partial charge is 0.454 e. The first-order valence-corrected chi connectivity index (χ1v) is 12.4. The summed E-state index contributed by atoms with van der Waals surface area (Å²) in [5.74, 6) is -0.961. The Hall–Kier alpha value is -5.05. The molecule has 0 saturated carbocycles. The summed E-state index contributed by atoms with van der Waals surface area (Å²) < 4.78 is 55.2. The number of halogens is 3. The molecule has 0 aromatic heterocycles. The summed E-state index contributed by atoms with van der Waals surface area (Å²) in [4.78, 5) is 49.2. The van der Waals surface area contributed by atoms with Gasteiger partial charge in [-0.2, -0.15) is 13.2 Å². The number of thioether (sulfide) groups is 1. The summed E-state index contributed by atoms with van der Waals surface area (Å²) in [5.41, 5.74) is -1.56. The molecule has 1 fully saturated rings. The maximum atomic E-state index is 13.0. The third kappa shape index (κ3) is 5.94. The minimum absolute atomic E-state index is 0.0253. The summed E-state index contributed by atoms with van der Waals surface area (Å²) in [6.45, 7) is -0.530. The predicted molar refractivity (Wildman–Crippen MR) is 138 cm³/mol. The second-order valence-corrected chi connectivity index (χ2v) is 9.45. The fourth-order valence-electron chi connectivity index (χ4n) is 3.83. The van der Waals surface area contributed by atoms with Crippen molar-refractivity contribution in [2.24, 2.45) is 0 Å². The molecule has 5 rings (SSSR count). The molecule has 3 amide bonds. The van der Waals surface area contributed by atoms with Gasteiger partial charge >= 0.3 is 11.9 Å². The molecule has 0 aliphatic carbocycles. The molecule has 2 aliphatic rings. The smallest absolute Gasteiger partial charge is 0.416 e. The second kappa shape index (κ2) is 10.8. The van der Waals surface area contributed by atoms with Gasteiger partial charge in [-0.25, -0.2) is 0 Å². The minimum Gasteiger partial charge on any atom is -0.454 e. The number of hydrogen-bond donors (Lipinski definition) is 1. The Morgan fingerprint density at radius 1 is 1.07 bits per heavy atom. The Labute approximate surface area is 232 Å². The van der Waals surface area contributed by atoms with Crippen molar-refractivity contribution in [2.45, 2.75) is 6.18 Å². The van der Waals surface area contributed by atoms with E-state index in [1.807, 2.05) is 0 Å². The first kappa shape index (κ1) is 27.5. The zero-order valence-electron chi connectivity index (χ0n) is 20.5. The topological polar surface area (TPSA) is 137 Å². The molecule has 2 aliphatic heterocycles. The number of hydrogen-bond acceptors (Lipinski definition) is 9. The van der Waals surface area contributed by atoms with Gasteiger partial charge in [-0.05, 0) is 48.2 Å². The first-order valence-electron chi connectivity index (χ1n) is 11.6. The number of carbonyl (C=O) groups is 3. The maximum Gasteiger partial charge on any atom is 0.416 e. The van der Waals surface area contributed by atoms with Crippen LogP contribution in [0.25, 0.3) is 6.08 Å². The van der Waals surface area contributed by atoms with Crippen LogP contribution in [-0.4, -0.2) is 40.2 Å². The average molecular weight is 587 g/mol. The van der Waals surface area contributed by atoms with Crippen LogP contribution in [0.15, 0.2) is 65.6 Å². The van der Waals surface area contributed by atoms with Crippen LogP contribution >= 0.6 is 11.8 Å². The number of nitro groups is 1. The van der Waals surface area contributed by atoms with Crippen LogP contribution in [0.5, 0.6) is 23.0 Å². The normalized spacial score (nSPS) is 15.4. The maximum absolute atomic E-state index is 13.0. The van der Waals surface area contributed by atoms with E-state index in [2.05, 4.69) is 5.32 Å². The van der Waals surface area contributed by atoms with Crippen LogP contribution in [0.4, 0.5) is 29.3 Å². The van der Waals surface area contributed by atoms with Crippen molar-refractivity contribution in [1.82, 2.24) is 4.90 Å². The van der Waals surface area contributed by atoms with E-state index in [1.54, 1.807) is 18.2 Å². The number of nitrogens with one attached hydrogen (secondary N) is 1. The number of fused-ring (bicyclic) bond motifs is 1. The molecular formula is C26H16F3N3O8S. The van der Waals surface area contributed by atoms with Crippen LogP contribution in [-0.2, 0) is 15.8 Å². The van der Waals surface area contributed by atoms with Gasteiger partial charge in [0.1, 0.15) is 12.3 Å². The van der Waals surface area contributed by atoms with Crippen LogP contribution in [0.3, 0.4) is 0 Å². The zero-order valence-corrected chi connectivity index (χ0v) is 21.3. The van der Waals surface area contributed by atoms with E-state index in [0.717, 1.165) is 11.0 Å². The fraction of sp³-hybridized carbons (Fsp3) is 0.115. The highest BCUT2D eigenvalue weighted by Crippen LogP contribution is 2.40. The molecule has 0 bridgehead atoms. The number of anilines is 1. The summed E-state index contributed by atoms with van der Waals surface area (Å²) >= 11 is 0.562. The molecule has 0 spiro atoms. The lowest BCUT2D eigenvalue weighted by Crippen LogP contribution is -2.36. The van der Waals surface area contributed by atoms with Crippen LogP contribution in [0.2, 0.25) is 0 Å². The van der Waals surface area contributed by atoms with E-state index in [9.17, 15) is 37.7 Å². The zero-order chi connectivity index (χ0) is 29.3. The van der Waals surface area contributed by atoms with Crippen molar-refractivity contribution < 1.29 is 46.7 Å². The van der Waals surface area contributed by atoms with Gasteiger partial charge < -0.3 is 19.5 Å². The van der Waals surface area contributed by atoms with Gasteiger partial charge in [0.05, 0.1) is 15.4 Å². The lowest BCUT2D eigenvalue weighted by molar-refractivity contribution is -0.385. The van der Waals surface area contributed by atoms with E-state index in [-0.39, 0.29) is 23.0 Å². The fourth-order valence-corrected chi connectivity index (χ4v) is 4.66. The molecule has 3 aromatic rings. The summed E-state index contributed by atoms with van der Waals surface area (Å²) in [5, 5.41) is 13.3. The highest BCUT2D eigenvalue weighted by Gasteiger charge is 2.37.